The molecule has 1 aromatic carbocycles. The Balaban J connectivity index is 2.11. The fourth-order valence-electron chi connectivity index (χ4n) is 2.11. The van der Waals surface area contributed by atoms with Gasteiger partial charge in [0.05, 0.1) is 18.7 Å². The molecule has 0 bridgehead atoms. The second-order valence-corrected chi connectivity index (χ2v) is 5.72. The highest BCUT2D eigenvalue weighted by Crippen LogP contribution is 2.29. The summed E-state index contributed by atoms with van der Waals surface area (Å²) in [6.07, 6.45) is 2.96. The van der Waals surface area contributed by atoms with Gasteiger partial charge in [-0.25, -0.2) is 4.98 Å². The maximum absolute atomic E-state index is 5.44. The van der Waals surface area contributed by atoms with Gasteiger partial charge in [-0.1, -0.05) is 13.0 Å². The van der Waals surface area contributed by atoms with Crippen molar-refractivity contribution in [3.8, 4) is 5.75 Å². The van der Waals surface area contributed by atoms with Crippen molar-refractivity contribution in [2.75, 3.05) is 12.4 Å². The summed E-state index contributed by atoms with van der Waals surface area (Å²) in [6, 6.07) is 4.19. The second-order valence-electron chi connectivity index (χ2n) is 4.52. The van der Waals surface area contributed by atoms with Crippen LogP contribution in [0.1, 0.15) is 27.9 Å². The lowest BCUT2D eigenvalue weighted by molar-refractivity contribution is 0.409. The highest BCUT2D eigenvalue weighted by Gasteiger charge is 2.08. The van der Waals surface area contributed by atoms with Crippen molar-refractivity contribution in [3.63, 3.8) is 0 Å². The van der Waals surface area contributed by atoms with E-state index in [-0.39, 0.29) is 0 Å². The standard InChI is InChI=1S/C15H20N2OS/c1-5-14-17-9-12(19-14)8-16-13-7-6-10(2)15(18-4)11(13)3/h6-7,9,16H,5,8H2,1-4H3. The van der Waals surface area contributed by atoms with E-state index in [0.717, 1.165) is 35.5 Å². The van der Waals surface area contributed by atoms with E-state index in [0.29, 0.717) is 0 Å². The summed E-state index contributed by atoms with van der Waals surface area (Å²) in [4.78, 5) is 5.63. The molecule has 3 nitrogen and oxygen atoms in total. The number of aryl methyl sites for hydroxylation is 2. The predicted octanol–water partition coefficient (Wildman–Crippen LogP) is 3.94. The number of benzene rings is 1. The van der Waals surface area contributed by atoms with Crippen molar-refractivity contribution in [2.24, 2.45) is 0 Å². The Morgan fingerprint density at radius 3 is 2.74 bits per heavy atom. The normalized spacial score (nSPS) is 10.5. The highest BCUT2D eigenvalue weighted by atomic mass is 32.1. The fourth-order valence-corrected chi connectivity index (χ4v) is 2.91. The molecule has 4 heteroatoms. The molecular weight excluding hydrogens is 256 g/mol. The topological polar surface area (TPSA) is 34.2 Å². The predicted molar refractivity (Wildman–Crippen MR) is 81.3 cm³/mol. The molecule has 0 aliphatic rings. The lowest BCUT2D eigenvalue weighted by atomic mass is 10.1. The monoisotopic (exact) mass is 276 g/mol. The molecule has 19 heavy (non-hydrogen) atoms. The molecule has 1 heterocycles. The maximum atomic E-state index is 5.44. The number of thiazole rings is 1. The second kappa shape index (κ2) is 6.06. The van der Waals surface area contributed by atoms with Gasteiger partial charge in [0.1, 0.15) is 5.75 Å². The average Bonchev–Trinajstić information content (AvgIpc) is 2.86. The number of hydrogen-bond donors (Lipinski definition) is 1. The minimum atomic E-state index is 0.810. The maximum Gasteiger partial charge on any atom is 0.126 e. The Labute approximate surface area is 118 Å². The Hall–Kier alpha value is -1.55. The van der Waals surface area contributed by atoms with Crippen LogP contribution in [0.15, 0.2) is 18.3 Å². The molecule has 0 radical (unpaired) electrons. The molecule has 0 amide bonds. The SMILES string of the molecule is CCc1ncc(CNc2ccc(C)c(OC)c2C)s1. The average molecular weight is 276 g/mol. The van der Waals surface area contributed by atoms with Crippen LogP contribution in [-0.4, -0.2) is 12.1 Å². The summed E-state index contributed by atoms with van der Waals surface area (Å²) < 4.78 is 5.44. The minimum Gasteiger partial charge on any atom is -0.496 e. The Morgan fingerprint density at radius 2 is 2.11 bits per heavy atom. The van der Waals surface area contributed by atoms with Crippen LogP contribution in [0, 0.1) is 13.8 Å². The van der Waals surface area contributed by atoms with Gasteiger partial charge < -0.3 is 10.1 Å². The zero-order valence-corrected chi connectivity index (χ0v) is 12.7. The molecule has 0 unspecified atom stereocenters. The number of hydrogen-bond acceptors (Lipinski definition) is 4. The van der Waals surface area contributed by atoms with Gasteiger partial charge in [-0.3, -0.25) is 0 Å². The number of anilines is 1. The molecule has 0 saturated carbocycles. The van der Waals surface area contributed by atoms with Crippen LogP contribution < -0.4 is 10.1 Å². The van der Waals surface area contributed by atoms with Gasteiger partial charge in [0.15, 0.2) is 0 Å². The first-order chi connectivity index (χ1) is 9.15. The summed E-state index contributed by atoms with van der Waals surface area (Å²) in [5.74, 6) is 0.962. The molecule has 1 aromatic heterocycles. The zero-order valence-electron chi connectivity index (χ0n) is 11.9. The molecule has 2 rings (SSSR count). The molecule has 0 fully saturated rings. The number of methoxy groups -OCH3 is 1. The quantitative estimate of drug-likeness (QED) is 0.898. The first kappa shape index (κ1) is 13.9. The van der Waals surface area contributed by atoms with Gasteiger partial charge in [-0.15, -0.1) is 11.3 Å². The van der Waals surface area contributed by atoms with Crippen LogP contribution in [-0.2, 0) is 13.0 Å². The smallest absolute Gasteiger partial charge is 0.126 e. The summed E-state index contributed by atoms with van der Waals surface area (Å²) in [6.45, 7) is 7.08. The minimum absolute atomic E-state index is 0.810. The van der Waals surface area contributed by atoms with Crippen molar-refractivity contribution in [1.82, 2.24) is 4.98 Å². The lowest BCUT2D eigenvalue weighted by Gasteiger charge is -2.14. The van der Waals surface area contributed by atoms with Gasteiger partial charge in [0.2, 0.25) is 0 Å². The van der Waals surface area contributed by atoms with E-state index in [9.17, 15) is 0 Å². The van der Waals surface area contributed by atoms with E-state index in [2.05, 4.69) is 43.2 Å². The highest BCUT2D eigenvalue weighted by molar-refractivity contribution is 7.11. The lowest BCUT2D eigenvalue weighted by Crippen LogP contribution is -2.01. The van der Waals surface area contributed by atoms with Crippen molar-refractivity contribution in [1.29, 1.82) is 0 Å². The van der Waals surface area contributed by atoms with Crippen LogP contribution >= 0.6 is 11.3 Å². The summed E-state index contributed by atoms with van der Waals surface area (Å²) in [5, 5.41) is 4.65. The van der Waals surface area contributed by atoms with E-state index >= 15 is 0 Å². The van der Waals surface area contributed by atoms with E-state index in [1.807, 2.05) is 6.20 Å². The van der Waals surface area contributed by atoms with Crippen LogP contribution in [0.25, 0.3) is 0 Å². The van der Waals surface area contributed by atoms with Crippen LogP contribution in [0.4, 0.5) is 5.69 Å². The molecule has 2 aromatic rings. The van der Waals surface area contributed by atoms with Gasteiger partial charge >= 0.3 is 0 Å². The van der Waals surface area contributed by atoms with Gasteiger partial charge in [-0.2, -0.15) is 0 Å². The van der Waals surface area contributed by atoms with Crippen LogP contribution in [0.5, 0.6) is 5.75 Å². The number of ether oxygens (including phenoxy) is 1. The number of nitrogens with one attached hydrogen (secondary N) is 1. The molecule has 0 aliphatic heterocycles. The largest absolute Gasteiger partial charge is 0.496 e. The molecule has 0 aliphatic carbocycles. The number of rotatable bonds is 5. The van der Waals surface area contributed by atoms with Crippen LogP contribution in [0.3, 0.4) is 0 Å². The zero-order chi connectivity index (χ0) is 13.8. The summed E-state index contributed by atoms with van der Waals surface area (Å²) >= 11 is 1.77. The molecule has 0 atom stereocenters. The first-order valence-corrected chi connectivity index (χ1v) is 7.29. The summed E-state index contributed by atoms with van der Waals surface area (Å²) in [5.41, 5.74) is 3.44. The third-order valence-corrected chi connectivity index (χ3v) is 4.31. The van der Waals surface area contributed by atoms with E-state index in [4.69, 9.17) is 4.74 Å². The molecule has 1 N–H and O–H groups in total. The number of aromatic nitrogens is 1. The van der Waals surface area contributed by atoms with Crippen molar-refractivity contribution < 1.29 is 4.74 Å². The van der Waals surface area contributed by atoms with Crippen LogP contribution in [0.2, 0.25) is 0 Å². The van der Waals surface area contributed by atoms with Gasteiger partial charge in [-0.05, 0) is 31.9 Å². The van der Waals surface area contributed by atoms with Gasteiger partial charge in [0.25, 0.3) is 0 Å². The molecule has 0 saturated heterocycles. The molecule has 102 valence electrons. The first-order valence-electron chi connectivity index (χ1n) is 6.47. The van der Waals surface area contributed by atoms with Gasteiger partial charge in [0, 0.05) is 22.3 Å². The molecular formula is C15H20N2OS. The third-order valence-electron chi connectivity index (χ3n) is 3.16. The van der Waals surface area contributed by atoms with Crippen molar-refractivity contribution in [2.45, 2.75) is 33.7 Å². The molecule has 0 spiro atoms. The van der Waals surface area contributed by atoms with E-state index in [1.165, 1.54) is 9.88 Å². The van der Waals surface area contributed by atoms with E-state index in [1.54, 1.807) is 18.4 Å². The van der Waals surface area contributed by atoms with Crippen molar-refractivity contribution >= 4 is 17.0 Å². The third kappa shape index (κ3) is 3.07. The Morgan fingerprint density at radius 1 is 1.32 bits per heavy atom. The summed E-state index contributed by atoms with van der Waals surface area (Å²) in [7, 11) is 1.72. The van der Waals surface area contributed by atoms with Crippen molar-refractivity contribution in [3.05, 3.63) is 39.3 Å². The van der Waals surface area contributed by atoms with E-state index < -0.39 is 0 Å². The number of nitrogens with zero attached hydrogens (tertiary/aromatic N) is 1. The Kier molecular flexibility index (Phi) is 4.43. The fraction of sp³-hybridized carbons (Fsp3) is 0.400. The Bertz CT molecular complexity index is 563.